The van der Waals surface area contributed by atoms with E-state index >= 15 is 0 Å². The summed E-state index contributed by atoms with van der Waals surface area (Å²) < 4.78 is 0. The van der Waals surface area contributed by atoms with Gasteiger partial charge < -0.3 is 10.8 Å². The van der Waals surface area contributed by atoms with Gasteiger partial charge in [0.2, 0.25) is 0 Å². The number of para-hydroxylation sites is 1. The molecule has 0 saturated heterocycles. The van der Waals surface area contributed by atoms with E-state index in [9.17, 15) is 4.79 Å². The Balaban J connectivity index is 2.99. The van der Waals surface area contributed by atoms with Crippen LogP contribution in [-0.4, -0.2) is 11.1 Å². The Morgan fingerprint density at radius 2 is 2.14 bits per heavy atom. The van der Waals surface area contributed by atoms with Gasteiger partial charge in [0.25, 0.3) is 0 Å². The minimum absolute atomic E-state index is 0.471. The number of carbonyl (C=O) groups is 1. The topological polar surface area (TPSA) is 63.3 Å². The molecule has 0 fully saturated rings. The van der Waals surface area contributed by atoms with Crippen LogP contribution in [-0.2, 0) is 4.79 Å². The second kappa shape index (κ2) is 4.65. The van der Waals surface area contributed by atoms with Crippen LogP contribution in [0.1, 0.15) is 31.2 Å². The summed E-state index contributed by atoms with van der Waals surface area (Å²) in [5.41, 5.74) is 7.01. The van der Waals surface area contributed by atoms with Crippen molar-refractivity contribution in [3.8, 4) is 0 Å². The standard InChI is InChI=1S/C11H15NO2/c1-2-5-9(11(13)14)8-6-3-4-7-10(8)12/h3-4,6-7,9H,2,5,12H2,1H3,(H,13,14). The summed E-state index contributed by atoms with van der Waals surface area (Å²) in [5.74, 6) is -1.27. The summed E-state index contributed by atoms with van der Waals surface area (Å²) in [6.45, 7) is 1.97. The molecule has 1 rings (SSSR count). The minimum atomic E-state index is -0.801. The number of hydrogen-bond acceptors (Lipinski definition) is 2. The lowest BCUT2D eigenvalue weighted by Gasteiger charge is -2.13. The van der Waals surface area contributed by atoms with E-state index in [1.54, 1.807) is 12.1 Å². The monoisotopic (exact) mass is 193 g/mol. The van der Waals surface area contributed by atoms with E-state index < -0.39 is 11.9 Å². The summed E-state index contributed by atoms with van der Waals surface area (Å²) in [6.07, 6.45) is 1.47. The third-order valence-corrected chi connectivity index (χ3v) is 2.25. The lowest BCUT2D eigenvalue weighted by Crippen LogP contribution is -2.13. The van der Waals surface area contributed by atoms with Gasteiger partial charge in [0.1, 0.15) is 0 Å². The molecule has 0 amide bonds. The molecule has 3 N–H and O–H groups in total. The summed E-state index contributed by atoms with van der Waals surface area (Å²) in [7, 11) is 0. The molecule has 1 aromatic rings. The fourth-order valence-electron chi connectivity index (χ4n) is 1.53. The Morgan fingerprint density at radius 3 is 2.64 bits per heavy atom. The van der Waals surface area contributed by atoms with Gasteiger partial charge in [0.15, 0.2) is 0 Å². The first-order valence-electron chi connectivity index (χ1n) is 4.74. The van der Waals surface area contributed by atoms with Crippen molar-refractivity contribution in [1.29, 1.82) is 0 Å². The molecular weight excluding hydrogens is 178 g/mol. The van der Waals surface area contributed by atoms with Crippen molar-refractivity contribution in [3.63, 3.8) is 0 Å². The predicted octanol–water partition coefficient (Wildman–Crippen LogP) is 2.24. The van der Waals surface area contributed by atoms with Crippen LogP contribution in [0.2, 0.25) is 0 Å². The Morgan fingerprint density at radius 1 is 1.50 bits per heavy atom. The van der Waals surface area contributed by atoms with Gasteiger partial charge in [-0.05, 0) is 18.1 Å². The lowest BCUT2D eigenvalue weighted by atomic mass is 9.93. The Labute approximate surface area is 83.6 Å². The number of hydrogen-bond donors (Lipinski definition) is 2. The molecule has 0 aromatic heterocycles. The third kappa shape index (κ3) is 2.25. The number of rotatable bonds is 4. The molecule has 0 radical (unpaired) electrons. The van der Waals surface area contributed by atoms with Gasteiger partial charge in [0.05, 0.1) is 5.92 Å². The molecule has 0 spiro atoms. The molecule has 0 aliphatic heterocycles. The lowest BCUT2D eigenvalue weighted by molar-refractivity contribution is -0.139. The molecule has 14 heavy (non-hydrogen) atoms. The van der Waals surface area contributed by atoms with Crippen molar-refractivity contribution in [1.82, 2.24) is 0 Å². The number of aliphatic carboxylic acids is 1. The molecule has 76 valence electrons. The quantitative estimate of drug-likeness (QED) is 0.721. The van der Waals surface area contributed by atoms with Crippen molar-refractivity contribution in [2.75, 3.05) is 5.73 Å². The number of anilines is 1. The Bertz CT molecular complexity index is 323. The third-order valence-electron chi connectivity index (χ3n) is 2.25. The molecule has 3 heteroatoms. The molecule has 1 atom stereocenters. The fourth-order valence-corrected chi connectivity index (χ4v) is 1.53. The van der Waals surface area contributed by atoms with Crippen LogP contribution in [0.3, 0.4) is 0 Å². The van der Waals surface area contributed by atoms with E-state index in [0.29, 0.717) is 12.1 Å². The predicted molar refractivity (Wildman–Crippen MR) is 56.1 cm³/mol. The zero-order chi connectivity index (χ0) is 10.6. The molecule has 1 unspecified atom stereocenters. The highest BCUT2D eigenvalue weighted by Gasteiger charge is 2.20. The number of carboxylic acids is 1. The summed E-state index contributed by atoms with van der Waals surface area (Å²) in [6, 6.07) is 7.14. The first kappa shape index (κ1) is 10.6. The molecule has 3 nitrogen and oxygen atoms in total. The van der Waals surface area contributed by atoms with E-state index in [4.69, 9.17) is 10.8 Å². The van der Waals surface area contributed by atoms with E-state index in [1.165, 1.54) is 0 Å². The smallest absolute Gasteiger partial charge is 0.311 e. The van der Waals surface area contributed by atoms with E-state index in [-0.39, 0.29) is 0 Å². The molecular formula is C11H15NO2. The van der Waals surface area contributed by atoms with Crippen LogP contribution in [0.15, 0.2) is 24.3 Å². The highest BCUT2D eigenvalue weighted by molar-refractivity contribution is 5.78. The van der Waals surface area contributed by atoms with Gasteiger partial charge in [-0.3, -0.25) is 4.79 Å². The maximum atomic E-state index is 11.0. The molecule has 0 aliphatic carbocycles. The maximum Gasteiger partial charge on any atom is 0.311 e. The van der Waals surface area contributed by atoms with Crippen molar-refractivity contribution in [3.05, 3.63) is 29.8 Å². The zero-order valence-electron chi connectivity index (χ0n) is 8.23. The Kier molecular flexibility index (Phi) is 3.51. The number of nitrogen functional groups attached to an aromatic ring is 1. The second-order valence-electron chi connectivity index (χ2n) is 3.31. The van der Waals surface area contributed by atoms with Crippen LogP contribution in [0, 0.1) is 0 Å². The van der Waals surface area contributed by atoms with Gasteiger partial charge in [0, 0.05) is 5.69 Å². The largest absolute Gasteiger partial charge is 0.481 e. The number of nitrogens with two attached hydrogens (primary N) is 1. The van der Waals surface area contributed by atoms with Crippen molar-refractivity contribution in [2.24, 2.45) is 0 Å². The molecule has 0 saturated carbocycles. The van der Waals surface area contributed by atoms with E-state index in [2.05, 4.69) is 0 Å². The summed E-state index contributed by atoms with van der Waals surface area (Å²) in [4.78, 5) is 11.0. The first-order chi connectivity index (χ1) is 6.66. The van der Waals surface area contributed by atoms with Crippen molar-refractivity contribution in [2.45, 2.75) is 25.7 Å². The van der Waals surface area contributed by atoms with E-state index in [1.807, 2.05) is 19.1 Å². The highest BCUT2D eigenvalue weighted by atomic mass is 16.4. The number of benzene rings is 1. The van der Waals surface area contributed by atoms with Crippen molar-refractivity contribution >= 4 is 11.7 Å². The van der Waals surface area contributed by atoms with Crippen LogP contribution < -0.4 is 5.73 Å². The molecule has 1 aromatic carbocycles. The van der Waals surface area contributed by atoms with Gasteiger partial charge in [-0.25, -0.2) is 0 Å². The first-order valence-corrected chi connectivity index (χ1v) is 4.74. The molecule has 0 bridgehead atoms. The molecule has 0 aliphatic rings. The van der Waals surface area contributed by atoms with Gasteiger partial charge in [-0.2, -0.15) is 0 Å². The minimum Gasteiger partial charge on any atom is -0.481 e. The summed E-state index contributed by atoms with van der Waals surface area (Å²) in [5, 5.41) is 9.03. The average Bonchev–Trinajstić information content (AvgIpc) is 2.15. The highest BCUT2D eigenvalue weighted by Crippen LogP contribution is 2.26. The van der Waals surface area contributed by atoms with Gasteiger partial charge in [-0.1, -0.05) is 31.5 Å². The van der Waals surface area contributed by atoms with Crippen LogP contribution in [0.5, 0.6) is 0 Å². The van der Waals surface area contributed by atoms with Crippen molar-refractivity contribution < 1.29 is 9.90 Å². The normalized spacial score (nSPS) is 12.4. The Hall–Kier alpha value is -1.51. The number of carboxylic acid groups (broad SMARTS) is 1. The summed E-state index contributed by atoms with van der Waals surface area (Å²) >= 11 is 0. The SMILES string of the molecule is CCCC(C(=O)O)c1ccccc1N. The molecule has 0 heterocycles. The fraction of sp³-hybridized carbons (Fsp3) is 0.364. The zero-order valence-corrected chi connectivity index (χ0v) is 8.23. The maximum absolute atomic E-state index is 11.0. The second-order valence-corrected chi connectivity index (χ2v) is 3.31. The van der Waals surface area contributed by atoms with Crippen LogP contribution in [0.25, 0.3) is 0 Å². The van der Waals surface area contributed by atoms with Crippen LogP contribution in [0.4, 0.5) is 5.69 Å². The van der Waals surface area contributed by atoms with Crippen LogP contribution >= 0.6 is 0 Å². The van der Waals surface area contributed by atoms with Gasteiger partial charge >= 0.3 is 5.97 Å². The average molecular weight is 193 g/mol. The van der Waals surface area contributed by atoms with Gasteiger partial charge in [-0.15, -0.1) is 0 Å². The van der Waals surface area contributed by atoms with E-state index in [0.717, 1.165) is 12.0 Å².